The smallest absolute Gasteiger partial charge is 0.131 e. The third-order valence-corrected chi connectivity index (χ3v) is 3.12. The lowest BCUT2D eigenvalue weighted by Gasteiger charge is -2.02. The molecule has 0 atom stereocenters. The molecule has 3 rings (SSSR count). The lowest BCUT2D eigenvalue weighted by atomic mass is 10.1. The predicted molar refractivity (Wildman–Crippen MR) is 79.4 cm³/mol. The molecular weight excluding hydrogens is 235 g/mol. The number of rotatable bonds is 2. The molecule has 0 saturated carbocycles. The molecule has 0 fully saturated rings. The lowest BCUT2D eigenvalue weighted by molar-refractivity contribution is 0.765. The fourth-order valence-corrected chi connectivity index (χ4v) is 2.12. The molecule has 3 aromatic rings. The van der Waals surface area contributed by atoms with Gasteiger partial charge in [-0.1, -0.05) is 66.7 Å². The van der Waals surface area contributed by atoms with Gasteiger partial charge < -0.3 is 0 Å². The second-order valence-electron chi connectivity index (χ2n) is 4.46. The Morgan fingerprint density at radius 3 is 2.21 bits per heavy atom. The van der Waals surface area contributed by atoms with Crippen molar-refractivity contribution in [1.82, 2.24) is 0 Å². The predicted octanol–water partition coefficient (Wildman–Crippen LogP) is 5.31. The van der Waals surface area contributed by atoms with Crippen molar-refractivity contribution >= 4 is 22.7 Å². The van der Waals surface area contributed by atoms with Crippen LogP contribution in [0.25, 0.3) is 22.7 Å². The van der Waals surface area contributed by atoms with Crippen LogP contribution < -0.4 is 0 Å². The Morgan fingerprint density at radius 2 is 1.42 bits per heavy atom. The molecule has 0 radical (unpaired) electrons. The summed E-state index contributed by atoms with van der Waals surface area (Å²) in [4.78, 5) is 0. The molecule has 0 unspecified atom stereocenters. The first kappa shape index (κ1) is 11.7. The van der Waals surface area contributed by atoms with Gasteiger partial charge in [0.15, 0.2) is 0 Å². The molecule has 0 amide bonds. The monoisotopic (exact) mass is 248 g/mol. The summed E-state index contributed by atoms with van der Waals surface area (Å²) in [6, 6.07) is 23.1. The van der Waals surface area contributed by atoms with Crippen molar-refractivity contribution < 1.29 is 4.39 Å². The van der Waals surface area contributed by atoms with E-state index in [1.54, 1.807) is 6.08 Å². The highest BCUT2D eigenvalue weighted by Gasteiger charge is 2.02. The van der Waals surface area contributed by atoms with Gasteiger partial charge in [-0.15, -0.1) is 0 Å². The van der Waals surface area contributed by atoms with Crippen LogP contribution in [0.5, 0.6) is 0 Å². The van der Waals surface area contributed by atoms with Crippen LogP contribution in [0.1, 0.15) is 11.1 Å². The average molecular weight is 248 g/mol. The molecule has 1 heteroatoms. The maximum atomic E-state index is 14.2. The van der Waals surface area contributed by atoms with Crippen LogP contribution in [0.4, 0.5) is 4.39 Å². The Balaban J connectivity index is 2.02. The molecule has 0 aromatic heterocycles. The zero-order valence-electron chi connectivity index (χ0n) is 10.4. The molecular formula is C18H13F. The first-order chi connectivity index (χ1) is 9.33. The molecule has 0 saturated heterocycles. The van der Waals surface area contributed by atoms with E-state index in [4.69, 9.17) is 0 Å². The molecule has 0 spiro atoms. The fraction of sp³-hybridized carbons (Fsp3) is 0. The Bertz CT molecular complexity index is 727. The highest BCUT2D eigenvalue weighted by Crippen LogP contribution is 2.23. The van der Waals surface area contributed by atoms with E-state index >= 15 is 0 Å². The average Bonchev–Trinajstić information content (AvgIpc) is 2.48. The van der Waals surface area contributed by atoms with Crippen molar-refractivity contribution in [1.29, 1.82) is 0 Å². The van der Waals surface area contributed by atoms with E-state index in [9.17, 15) is 4.39 Å². The largest absolute Gasteiger partial charge is 0.206 e. The first-order valence-electron chi connectivity index (χ1n) is 6.24. The van der Waals surface area contributed by atoms with Gasteiger partial charge in [0.2, 0.25) is 0 Å². The van der Waals surface area contributed by atoms with E-state index in [0.717, 1.165) is 16.3 Å². The maximum absolute atomic E-state index is 14.2. The molecule has 92 valence electrons. The number of hydrogen-bond donors (Lipinski definition) is 0. The van der Waals surface area contributed by atoms with Crippen LogP contribution in [0.3, 0.4) is 0 Å². The van der Waals surface area contributed by atoms with E-state index < -0.39 is 0 Å². The lowest BCUT2D eigenvalue weighted by Crippen LogP contribution is -1.80. The molecule has 19 heavy (non-hydrogen) atoms. The standard InChI is InChI=1S/C18H13F/c19-18(12-14-6-2-1-3-7-14)17-11-10-15-8-4-5-9-16(15)13-17/h1-13H/b18-12+. The third-order valence-electron chi connectivity index (χ3n) is 3.12. The summed E-state index contributed by atoms with van der Waals surface area (Å²) < 4.78 is 14.2. The van der Waals surface area contributed by atoms with Gasteiger partial charge in [-0.3, -0.25) is 0 Å². The number of benzene rings is 3. The van der Waals surface area contributed by atoms with Crippen LogP contribution in [0.15, 0.2) is 72.8 Å². The van der Waals surface area contributed by atoms with E-state index in [1.807, 2.05) is 72.8 Å². The van der Waals surface area contributed by atoms with Crippen LogP contribution in [0.2, 0.25) is 0 Å². The first-order valence-corrected chi connectivity index (χ1v) is 6.24. The molecule has 0 N–H and O–H groups in total. The molecule has 0 nitrogen and oxygen atoms in total. The second-order valence-corrected chi connectivity index (χ2v) is 4.46. The summed E-state index contributed by atoms with van der Waals surface area (Å²) in [6.45, 7) is 0. The Morgan fingerprint density at radius 1 is 0.737 bits per heavy atom. The minimum Gasteiger partial charge on any atom is -0.206 e. The van der Waals surface area contributed by atoms with E-state index in [0.29, 0.717) is 5.56 Å². The van der Waals surface area contributed by atoms with Gasteiger partial charge in [-0.25, -0.2) is 4.39 Å². The topological polar surface area (TPSA) is 0 Å². The van der Waals surface area contributed by atoms with Gasteiger partial charge in [-0.2, -0.15) is 0 Å². The van der Waals surface area contributed by atoms with Crippen LogP contribution in [0, 0.1) is 0 Å². The van der Waals surface area contributed by atoms with E-state index in [2.05, 4.69) is 0 Å². The third kappa shape index (κ3) is 2.55. The van der Waals surface area contributed by atoms with E-state index in [1.165, 1.54) is 0 Å². The molecule has 0 aliphatic heterocycles. The van der Waals surface area contributed by atoms with Crippen LogP contribution >= 0.6 is 0 Å². The normalized spacial score (nSPS) is 11.7. The summed E-state index contributed by atoms with van der Waals surface area (Å²) in [5.74, 6) is -0.211. The zero-order valence-corrected chi connectivity index (χ0v) is 10.4. The number of hydrogen-bond acceptors (Lipinski definition) is 0. The van der Waals surface area contributed by atoms with E-state index in [-0.39, 0.29) is 5.83 Å². The number of halogens is 1. The van der Waals surface area contributed by atoms with Gasteiger partial charge in [0.1, 0.15) is 5.83 Å². The van der Waals surface area contributed by atoms with Gasteiger partial charge in [-0.05, 0) is 28.5 Å². The highest BCUT2D eigenvalue weighted by atomic mass is 19.1. The van der Waals surface area contributed by atoms with Gasteiger partial charge >= 0.3 is 0 Å². The summed E-state index contributed by atoms with van der Waals surface area (Å²) >= 11 is 0. The highest BCUT2D eigenvalue weighted by molar-refractivity contribution is 5.87. The second kappa shape index (κ2) is 5.07. The van der Waals surface area contributed by atoms with Crippen molar-refractivity contribution in [3.8, 4) is 0 Å². The molecule has 0 aliphatic carbocycles. The van der Waals surface area contributed by atoms with Gasteiger partial charge in [0, 0.05) is 5.56 Å². The summed E-state index contributed by atoms with van der Waals surface area (Å²) in [7, 11) is 0. The summed E-state index contributed by atoms with van der Waals surface area (Å²) in [5, 5.41) is 2.18. The Kier molecular flexibility index (Phi) is 3.11. The molecule has 0 heterocycles. The molecule has 0 bridgehead atoms. The fourth-order valence-electron chi connectivity index (χ4n) is 2.12. The van der Waals surface area contributed by atoms with Crippen molar-refractivity contribution in [2.75, 3.05) is 0 Å². The molecule has 3 aromatic carbocycles. The van der Waals surface area contributed by atoms with Crippen LogP contribution in [-0.2, 0) is 0 Å². The molecule has 0 aliphatic rings. The Hall–Kier alpha value is -2.41. The Labute approximate surface area is 111 Å². The van der Waals surface area contributed by atoms with Gasteiger partial charge in [0.05, 0.1) is 0 Å². The van der Waals surface area contributed by atoms with Crippen LogP contribution in [-0.4, -0.2) is 0 Å². The SMILES string of the molecule is F/C(=C/c1ccccc1)c1ccc2ccccc2c1. The summed E-state index contributed by atoms with van der Waals surface area (Å²) in [6.07, 6.45) is 1.56. The van der Waals surface area contributed by atoms with Gasteiger partial charge in [0.25, 0.3) is 0 Å². The van der Waals surface area contributed by atoms with Crippen molar-refractivity contribution in [2.45, 2.75) is 0 Å². The van der Waals surface area contributed by atoms with Crippen molar-refractivity contribution in [3.63, 3.8) is 0 Å². The number of fused-ring (bicyclic) bond motifs is 1. The maximum Gasteiger partial charge on any atom is 0.131 e. The van der Waals surface area contributed by atoms with Crippen molar-refractivity contribution in [2.24, 2.45) is 0 Å². The quantitative estimate of drug-likeness (QED) is 0.539. The minimum atomic E-state index is -0.211. The minimum absolute atomic E-state index is 0.211. The van der Waals surface area contributed by atoms with Crippen molar-refractivity contribution in [3.05, 3.63) is 83.9 Å². The summed E-state index contributed by atoms with van der Waals surface area (Å²) in [5.41, 5.74) is 1.48. The zero-order chi connectivity index (χ0) is 13.1.